The number of ketones is 1. The third kappa shape index (κ3) is 5.37. The van der Waals surface area contributed by atoms with Crippen molar-refractivity contribution < 1.29 is 23.8 Å². The van der Waals surface area contributed by atoms with E-state index < -0.39 is 12.1 Å². The van der Waals surface area contributed by atoms with Crippen LogP contribution in [0, 0.1) is 0 Å². The van der Waals surface area contributed by atoms with Gasteiger partial charge in [-0.3, -0.25) is 4.79 Å². The lowest BCUT2D eigenvalue weighted by Crippen LogP contribution is -2.28. The fraction of sp³-hybridized carbons (Fsp3) is 0.222. The van der Waals surface area contributed by atoms with E-state index in [1.165, 1.54) is 20.1 Å². The zero-order valence-corrected chi connectivity index (χ0v) is 15.1. The van der Waals surface area contributed by atoms with Gasteiger partial charge in [-0.1, -0.05) is 23.2 Å². The zero-order chi connectivity index (χ0) is 18.4. The maximum Gasteiger partial charge on any atom is 0.347 e. The van der Waals surface area contributed by atoms with Gasteiger partial charge < -0.3 is 14.2 Å². The quantitative estimate of drug-likeness (QED) is 0.530. The van der Waals surface area contributed by atoms with Crippen molar-refractivity contribution in [2.45, 2.75) is 13.0 Å². The van der Waals surface area contributed by atoms with Gasteiger partial charge in [0.05, 0.1) is 12.1 Å². The van der Waals surface area contributed by atoms with E-state index in [1.54, 1.807) is 36.4 Å². The second-order valence-electron chi connectivity index (χ2n) is 5.09. The maximum absolute atomic E-state index is 12.0. The van der Waals surface area contributed by atoms with Gasteiger partial charge >= 0.3 is 5.97 Å². The molecule has 2 rings (SSSR count). The Kier molecular flexibility index (Phi) is 6.67. The van der Waals surface area contributed by atoms with Crippen LogP contribution in [-0.2, 0) is 9.53 Å². The van der Waals surface area contributed by atoms with Gasteiger partial charge in [0.1, 0.15) is 11.5 Å². The number of rotatable bonds is 7. The lowest BCUT2D eigenvalue weighted by molar-refractivity contribution is -0.149. The molecule has 0 unspecified atom stereocenters. The van der Waals surface area contributed by atoms with E-state index in [4.69, 9.17) is 37.4 Å². The number of hydrogen-bond acceptors (Lipinski definition) is 5. The van der Waals surface area contributed by atoms with Gasteiger partial charge in [0.25, 0.3) is 0 Å². The van der Waals surface area contributed by atoms with Gasteiger partial charge in [0, 0.05) is 10.6 Å². The smallest absolute Gasteiger partial charge is 0.347 e. The average molecular weight is 383 g/mol. The molecule has 5 nitrogen and oxygen atoms in total. The summed E-state index contributed by atoms with van der Waals surface area (Å²) < 4.78 is 15.5. The normalized spacial score (nSPS) is 11.5. The average Bonchev–Trinajstić information content (AvgIpc) is 2.61. The van der Waals surface area contributed by atoms with Gasteiger partial charge in [-0.05, 0) is 49.4 Å². The second kappa shape index (κ2) is 8.74. The van der Waals surface area contributed by atoms with Crippen LogP contribution in [0.2, 0.25) is 10.0 Å². The van der Waals surface area contributed by atoms with E-state index in [-0.39, 0.29) is 17.4 Å². The Balaban J connectivity index is 1.88. The molecule has 0 aromatic heterocycles. The van der Waals surface area contributed by atoms with Gasteiger partial charge in [-0.15, -0.1) is 0 Å². The van der Waals surface area contributed by atoms with Crippen molar-refractivity contribution in [1.29, 1.82) is 0 Å². The zero-order valence-electron chi connectivity index (χ0n) is 13.6. The van der Waals surface area contributed by atoms with E-state index in [0.717, 1.165) is 0 Å². The van der Waals surface area contributed by atoms with Crippen LogP contribution < -0.4 is 9.47 Å². The van der Waals surface area contributed by atoms with E-state index in [2.05, 4.69) is 0 Å². The Labute approximate surface area is 155 Å². The maximum atomic E-state index is 12.0. The number of methoxy groups -OCH3 is 1. The van der Waals surface area contributed by atoms with Crippen LogP contribution in [0.1, 0.15) is 17.3 Å². The van der Waals surface area contributed by atoms with Crippen molar-refractivity contribution in [1.82, 2.24) is 0 Å². The molecule has 0 bridgehead atoms. The fourth-order valence-corrected chi connectivity index (χ4v) is 2.38. The highest BCUT2D eigenvalue weighted by Crippen LogP contribution is 2.28. The Morgan fingerprint density at radius 3 is 2.36 bits per heavy atom. The fourth-order valence-electron chi connectivity index (χ4n) is 1.92. The monoisotopic (exact) mass is 382 g/mol. The molecule has 0 aliphatic rings. The summed E-state index contributed by atoms with van der Waals surface area (Å²) in [6.45, 7) is 1.12. The number of carbonyl (C=O) groups excluding carboxylic acids is 2. The van der Waals surface area contributed by atoms with E-state index in [1.807, 2.05) is 0 Å². The number of esters is 1. The van der Waals surface area contributed by atoms with Crippen molar-refractivity contribution >= 4 is 35.0 Å². The van der Waals surface area contributed by atoms with Crippen LogP contribution >= 0.6 is 23.2 Å². The first-order valence-corrected chi connectivity index (χ1v) is 8.12. The number of Topliss-reactive ketones (excluding diaryl/α,β-unsaturated/α-hetero) is 1. The summed E-state index contributed by atoms with van der Waals surface area (Å²) in [7, 11) is 1.53. The SMILES string of the molecule is COc1ccc(C(=O)COC(=O)[C@H](C)Oc2ccc(Cl)cc2Cl)cc1. The predicted molar refractivity (Wildman–Crippen MR) is 94.8 cm³/mol. The van der Waals surface area contributed by atoms with E-state index >= 15 is 0 Å². The molecule has 0 fully saturated rings. The third-order valence-corrected chi connectivity index (χ3v) is 3.82. The molecule has 0 amide bonds. The van der Waals surface area contributed by atoms with Gasteiger partial charge in [-0.2, -0.15) is 0 Å². The van der Waals surface area contributed by atoms with Gasteiger partial charge in [-0.25, -0.2) is 4.79 Å². The summed E-state index contributed by atoms with van der Waals surface area (Å²) in [5.41, 5.74) is 0.419. The number of ether oxygens (including phenoxy) is 3. The van der Waals surface area contributed by atoms with Crippen molar-refractivity contribution in [3.8, 4) is 11.5 Å². The molecule has 2 aromatic rings. The number of carbonyl (C=O) groups is 2. The second-order valence-corrected chi connectivity index (χ2v) is 5.94. The molecule has 1 atom stereocenters. The standard InChI is InChI=1S/C18H16Cl2O5/c1-11(25-17-8-5-13(19)9-15(17)20)18(22)24-10-16(21)12-3-6-14(23-2)7-4-12/h3-9,11H,10H2,1-2H3/t11-/m0/s1. The summed E-state index contributed by atoms with van der Waals surface area (Å²) in [6, 6.07) is 11.2. The topological polar surface area (TPSA) is 61.8 Å². The lowest BCUT2D eigenvalue weighted by atomic mass is 10.1. The Hall–Kier alpha value is -2.24. The minimum absolute atomic E-state index is 0.279. The van der Waals surface area contributed by atoms with Crippen LogP contribution in [0.15, 0.2) is 42.5 Å². The predicted octanol–water partition coefficient (Wildman–Crippen LogP) is 4.20. The summed E-state index contributed by atoms with van der Waals surface area (Å²) in [5, 5.41) is 0.735. The minimum atomic E-state index is -0.928. The summed E-state index contributed by atoms with van der Waals surface area (Å²) >= 11 is 11.8. The van der Waals surface area contributed by atoms with E-state index in [0.29, 0.717) is 22.1 Å². The van der Waals surface area contributed by atoms with Crippen LogP contribution in [-0.4, -0.2) is 31.6 Å². The minimum Gasteiger partial charge on any atom is -0.497 e. The molecule has 0 saturated carbocycles. The molecule has 0 heterocycles. The summed E-state index contributed by atoms with van der Waals surface area (Å²) in [5.74, 6) is -0.0620. The molecule has 0 radical (unpaired) electrons. The number of hydrogen-bond donors (Lipinski definition) is 0. The first-order chi connectivity index (χ1) is 11.9. The van der Waals surface area contributed by atoms with Crippen molar-refractivity contribution in [3.63, 3.8) is 0 Å². The van der Waals surface area contributed by atoms with Crippen LogP contribution in [0.25, 0.3) is 0 Å². The Morgan fingerprint density at radius 1 is 1.08 bits per heavy atom. The number of benzene rings is 2. The number of halogens is 2. The molecule has 0 spiro atoms. The van der Waals surface area contributed by atoms with Crippen LogP contribution in [0.4, 0.5) is 0 Å². The summed E-state index contributed by atoms with van der Waals surface area (Å²) in [6.07, 6.45) is -0.928. The molecule has 2 aromatic carbocycles. The molecule has 7 heteroatoms. The third-order valence-electron chi connectivity index (χ3n) is 3.29. The molecule has 132 valence electrons. The Morgan fingerprint density at radius 2 is 1.76 bits per heavy atom. The van der Waals surface area contributed by atoms with Crippen molar-refractivity contribution in [2.24, 2.45) is 0 Å². The largest absolute Gasteiger partial charge is 0.497 e. The molecular weight excluding hydrogens is 367 g/mol. The molecule has 0 aliphatic heterocycles. The van der Waals surface area contributed by atoms with Crippen molar-refractivity contribution in [2.75, 3.05) is 13.7 Å². The van der Waals surface area contributed by atoms with Crippen LogP contribution in [0.3, 0.4) is 0 Å². The highest BCUT2D eigenvalue weighted by atomic mass is 35.5. The first-order valence-electron chi connectivity index (χ1n) is 7.36. The molecular formula is C18H16Cl2O5. The van der Waals surface area contributed by atoms with E-state index in [9.17, 15) is 9.59 Å². The molecule has 25 heavy (non-hydrogen) atoms. The first kappa shape index (κ1) is 19.1. The Bertz CT molecular complexity index is 759. The molecule has 0 N–H and O–H groups in total. The van der Waals surface area contributed by atoms with Crippen LogP contribution in [0.5, 0.6) is 11.5 Å². The van der Waals surface area contributed by atoms with Gasteiger partial charge in [0.15, 0.2) is 18.5 Å². The van der Waals surface area contributed by atoms with Crippen molar-refractivity contribution in [3.05, 3.63) is 58.1 Å². The highest BCUT2D eigenvalue weighted by molar-refractivity contribution is 6.35. The highest BCUT2D eigenvalue weighted by Gasteiger charge is 2.19. The molecule has 0 saturated heterocycles. The molecule has 0 aliphatic carbocycles. The van der Waals surface area contributed by atoms with Gasteiger partial charge in [0.2, 0.25) is 0 Å². The summed E-state index contributed by atoms with van der Waals surface area (Å²) in [4.78, 5) is 24.0. The lowest BCUT2D eigenvalue weighted by Gasteiger charge is -2.15.